The highest BCUT2D eigenvalue weighted by Crippen LogP contribution is 2.22. The molecule has 4 nitrogen and oxygen atoms in total. The average Bonchev–Trinajstić information content (AvgIpc) is 2.25. The molecule has 0 aromatic carbocycles. The Kier molecular flexibility index (Phi) is 8.17. The number of rotatable bonds is 8. The van der Waals surface area contributed by atoms with Crippen LogP contribution in [0.5, 0.6) is 0 Å². The highest BCUT2D eigenvalue weighted by Gasteiger charge is 2.25. The van der Waals surface area contributed by atoms with Crippen molar-refractivity contribution in [3.8, 4) is 0 Å². The molecule has 0 aliphatic rings. The molecule has 0 radical (unpaired) electrons. The Balaban J connectivity index is 4.33. The lowest BCUT2D eigenvalue weighted by Crippen LogP contribution is -2.31. The maximum Gasteiger partial charge on any atom is 0.309 e. The highest BCUT2D eigenvalue weighted by molar-refractivity contribution is 5.72. The van der Waals surface area contributed by atoms with Gasteiger partial charge in [0.2, 0.25) is 0 Å². The van der Waals surface area contributed by atoms with Gasteiger partial charge < -0.3 is 14.9 Å². The monoisotopic (exact) mass is 246 g/mol. The van der Waals surface area contributed by atoms with E-state index in [1.165, 1.54) is 0 Å². The van der Waals surface area contributed by atoms with Crippen LogP contribution in [-0.2, 0) is 9.53 Å². The van der Waals surface area contributed by atoms with E-state index in [9.17, 15) is 4.79 Å². The minimum Gasteiger partial charge on any atom is -0.457 e. The standard InChI is InChI=1S/C13H26O4/c1-9(2)5-6-12(10(3)4)13(16)17-11(7-14)8-15/h9-12,14-15H,5-8H2,1-4H3. The van der Waals surface area contributed by atoms with Crippen LogP contribution in [0.3, 0.4) is 0 Å². The van der Waals surface area contributed by atoms with E-state index >= 15 is 0 Å². The Hall–Kier alpha value is -0.610. The predicted octanol–water partition coefficient (Wildman–Crippen LogP) is 1.59. The Morgan fingerprint density at radius 2 is 1.59 bits per heavy atom. The first-order valence-corrected chi connectivity index (χ1v) is 6.34. The van der Waals surface area contributed by atoms with Crippen molar-refractivity contribution in [3.05, 3.63) is 0 Å². The van der Waals surface area contributed by atoms with Gasteiger partial charge in [-0.15, -0.1) is 0 Å². The number of carbonyl (C=O) groups excluding carboxylic acids is 1. The van der Waals surface area contributed by atoms with Crippen LogP contribution in [0.25, 0.3) is 0 Å². The molecule has 1 atom stereocenters. The summed E-state index contributed by atoms with van der Waals surface area (Å²) in [6, 6.07) is 0. The highest BCUT2D eigenvalue weighted by atomic mass is 16.6. The van der Waals surface area contributed by atoms with Gasteiger partial charge in [0.1, 0.15) is 6.10 Å². The number of hydrogen-bond donors (Lipinski definition) is 2. The van der Waals surface area contributed by atoms with Crippen LogP contribution in [0.2, 0.25) is 0 Å². The second kappa shape index (κ2) is 8.48. The zero-order valence-corrected chi connectivity index (χ0v) is 11.3. The quantitative estimate of drug-likeness (QED) is 0.638. The van der Waals surface area contributed by atoms with Crippen molar-refractivity contribution in [1.29, 1.82) is 0 Å². The van der Waals surface area contributed by atoms with Crippen LogP contribution in [0.4, 0.5) is 0 Å². The fourth-order valence-electron chi connectivity index (χ4n) is 1.62. The summed E-state index contributed by atoms with van der Waals surface area (Å²) < 4.78 is 5.07. The van der Waals surface area contributed by atoms with Gasteiger partial charge >= 0.3 is 5.97 Å². The summed E-state index contributed by atoms with van der Waals surface area (Å²) in [4.78, 5) is 11.9. The Labute approximate surface area is 104 Å². The molecule has 102 valence electrons. The van der Waals surface area contributed by atoms with Crippen molar-refractivity contribution in [3.63, 3.8) is 0 Å². The van der Waals surface area contributed by atoms with Gasteiger partial charge in [-0.3, -0.25) is 4.79 Å². The third-order valence-corrected chi connectivity index (χ3v) is 2.85. The Morgan fingerprint density at radius 3 is 1.94 bits per heavy atom. The fourth-order valence-corrected chi connectivity index (χ4v) is 1.62. The van der Waals surface area contributed by atoms with Crippen LogP contribution >= 0.6 is 0 Å². The zero-order valence-electron chi connectivity index (χ0n) is 11.3. The number of ether oxygens (including phenoxy) is 1. The summed E-state index contributed by atoms with van der Waals surface area (Å²) in [5, 5.41) is 17.8. The van der Waals surface area contributed by atoms with E-state index in [4.69, 9.17) is 14.9 Å². The van der Waals surface area contributed by atoms with Gasteiger partial charge in [0.05, 0.1) is 19.1 Å². The lowest BCUT2D eigenvalue weighted by molar-refractivity contribution is -0.160. The van der Waals surface area contributed by atoms with Gasteiger partial charge in [0, 0.05) is 0 Å². The number of aliphatic hydroxyl groups is 2. The molecule has 0 aromatic heterocycles. The minimum atomic E-state index is -0.789. The van der Waals surface area contributed by atoms with E-state index < -0.39 is 6.10 Å². The maximum atomic E-state index is 11.9. The summed E-state index contributed by atoms with van der Waals surface area (Å²) >= 11 is 0. The van der Waals surface area contributed by atoms with E-state index in [1.807, 2.05) is 13.8 Å². The normalized spacial score (nSPS) is 13.5. The lowest BCUT2D eigenvalue weighted by Gasteiger charge is -2.22. The maximum absolute atomic E-state index is 11.9. The minimum absolute atomic E-state index is 0.155. The fraction of sp³-hybridized carbons (Fsp3) is 0.923. The number of carbonyl (C=O) groups is 1. The van der Waals surface area contributed by atoms with Gasteiger partial charge in [0.25, 0.3) is 0 Å². The molecule has 0 amide bonds. The van der Waals surface area contributed by atoms with Crippen molar-refractivity contribution in [2.45, 2.75) is 46.6 Å². The third-order valence-electron chi connectivity index (χ3n) is 2.85. The summed E-state index contributed by atoms with van der Waals surface area (Å²) in [5.74, 6) is 0.293. The molecular formula is C13H26O4. The van der Waals surface area contributed by atoms with E-state index in [0.29, 0.717) is 5.92 Å². The molecule has 0 spiro atoms. The van der Waals surface area contributed by atoms with Crippen LogP contribution in [0, 0.1) is 17.8 Å². The summed E-state index contributed by atoms with van der Waals surface area (Å²) in [5.41, 5.74) is 0. The topological polar surface area (TPSA) is 66.8 Å². The molecule has 0 heterocycles. The smallest absolute Gasteiger partial charge is 0.309 e. The molecule has 0 saturated carbocycles. The van der Waals surface area contributed by atoms with E-state index in [1.54, 1.807) is 0 Å². The molecule has 0 aromatic rings. The summed E-state index contributed by atoms with van der Waals surface area (Å²) in [7, 11) is 0. The van der Waals surface area contributed by atoms with Crippen LogP contribution < -0.4 is 0 Å². The predicted molar refractivity (Wildman–Crippen MR) is 66.5 cm³/mol. The molecule has 1 unspecified atom stereocenters. The van der Waals surface area contributed by atoms with Gasteiger partial charge in [-0.25, -0.2) is 0 Å². The lowest BCUT2D eigenvalue weighted by atomic mass is 9.89. The second-order valence-electron chi connectivity index (χ2n) is 5.25. The van der Waals surface area contributed by atoms with Crippen molar-refractivity contribution in [2.24, 2.45) is 17.8 Å². The Bertz CT molecular complexity index is 209. The first-order valence-electron chi connectivity index (χ1n) is 6.34. The molecule has 2 N–H and O–H groups in total. The second-order valence-corrected chi connectivity index (χ2v) is 5.25. The Morgan fingerprint density at radius 1 is 1.06 bits per heavy atom. The molecule has 0 rings (SSSR count). The molecule has 0 aliphatic heterocycles. The van der Waals surface area contributed by atoms with Crippen LogP contribution in [-0.4, -0.2) is 35.5 Å². The molecule has 0 fully saturated rings. The van der Waals surface area contributed by atoms with Crippen molar-refractivity contribution in [1.82, 2.24) is 0 Å². The van der Waals surface area contributed by atoms with Crippen LogP contribution in [0.15, 0.2) is 0 Å². The summed E-state index contributed by atoms with van der Waals surface area (Å²) in [6.45, 7) is 7.53. The molecule has 17 heavy (non-hydrogen) atoms. The van der Waals surface area contributed by atoms with Gasteiger partial charge in [-0.1, -0.05) is 34.1 Å². The zero-order chi connectivity index (χ0) is 13.4. The van der Waals surface area contributed by atoms with Gasteiger partial charge in [-0.2, -0.15) is 0 Å². The largest absolute Gasteiger partial charge is 0.457 e. The van der Waals surface area contributed by atoms with Crippen LogP contribution in [0.1, 0.15) is 40.5 Å². The molecule has 4 heteroatoms. The molecule has 0 saturated heterocycles. The number of aliphatic hydroxyl groups excluding tert-OH is 2. The van der Waals surface area contributed by atoms with Crippen molar-refractivity contribution in [2.75, 3.05) is 13.2 Å². The van der Waals surface area contributed by atoms with E-state index in [-0.39, 0.29) is 31.0 Å². The average molecular weight is 246 g/mol. The molecular weight excluding hydrogens is 220 g/mol. The molecule has 0 bridgehead atoms. The first kappa shape index (κ1) is 16.4. The number of esters is 1. The van der Waals surface area contributed by atoms with Gasteiger partial charge in [-0.05, 0) is 18.3 Å². The molecule has 0 aliphatic carbocycles. The van der Waals surface area contributed by atoms with Crippen molar-refractivity contribution < 1.29 is 19.7 Å². The van der Waals surface area contributed by atoms with Crippen molar-refractivity contribution >= 4 is 5.97 Å². The van der Waals surface area contributed by atoms with E-state index in [2.05, 4.69) is 13.8 Å². The summed E-state index contributed by atoms with van der Waals surface area (Å²) in [6.07, 6.45) is 0.973. The van der Waals surface area contributed by atoms with E-state index in [0.717, 1.165) is 12.8 Å². The SMILES string of the molecule is CC(C)CCC(C(=O)OC(CO)CO)C(C)C. The number of hydrogen-bond acceptors (Lipinski definition) is 4. The third kappa shape index (κ3) is 6.64. The first-order chi connectivity index (χ1) is 7.92. The van der Waals surface area contributed by atoms with Gasteiger partial charge in [0.15, 0.2) is 0 Å².